The molecule has 0 radical (unpaired) electrons. The number of hydrogen-bond donors (Lipinski definition) is 1. The second kappa shape index (κ2) is 7.73. The van der Waals surface area contributed by atoms with Crippen LogP contribution < -0.4 is 4.90 Å². The van der Waals surface area contributed by atoms with Crippen LogP contribution in [0.1, 0.15) is 39.3 Å². The number of amides is 1. The van der Waals surface area contributed by atoms with Gasteiger partial charge in [-0.3, -0.25) is 0 Å². The van der Waals surface area contributed by atoms with Crippen molar-refractivity contribution in [1.29, 1.82) is 0 Å². The first-order valence-corrected chi connectivity index (χ1v) is 8.68. The van der Waals surface area contributed by atoms with Crippen LogP contribution in [0.15, 0.2) is 22.7 Å². The number of hydrogen-bond acceptors (Lipinski definition) is 3. The van der Waals surface area contributed by atoms with Gasteiger partial charge in [0.05, 0.1) is 11.2 Å². The first-order chi connectivity index (χ1) is 10.9. The normalized spacial score (nSPS) is 11.2. The largest absolute Gasteiger partial charge is 0.465 e. The molecule has 0 aliphatic heterocycles. The lowest BCUT2D eigenvalue weighted by molar-refractivity contribution is 0.201. The Bertz CT molecular complexity index is 704. The molecule has 23 heavy (non-hydrogen) atoms. The van der Waals surface area contributed by atoms with Gasteiger partial charge in [0.15, 0.2) is 0 Å². The lowest BCUT2D eigenvalue weighted by Gasteiger charge is -2.19. The summed E-state index contributed by atoms with van der Waals surface area (Å²) in [5.74, 6) is 0.819. The zero-order valence-corrected chi connectivity index (χ0v) is 15.3. The molecule has 124 valence electrons. The number of aromatic nitrogens is 2. The molecule has 0 fully saturated rings. The number of carbonyl (C=O) groups is 1. The van der Waals surface area contributed by atoms with E-state index in [1.807, 2.05) is 25.1 Å². The molecule has 0 spiro atoms. The molecule has 1 amide bonds. The summed E-state index contributed by atoms with van der Waals surface area (Å²) < 4.78 is 0.961. The molecule has 1 heterocycles. The van der Waals surface area contributed by atoms with Gasteiger partial charge in [-0.05, 0) is 43.4 Å². The number of halogens is 1. The maximum absolute atomic E-state index is 11.6. The Kier molecular flexibility index (Phi) is 5.93. The first kappa shape index (κ1) is 17.7. The molecule has 0 bridgehead atoms. The van der Waals surface area contributed by atoms with Gasteiger partial charge >= 0.3 is 6.09 Å². The lowest BCUT2D eigenvalue weighted by Crippen LogP contribution is -2.32. The van der Waals surface area contributed by atoms with Crippen LogP contribution in [0.2, 0.25) is 0 Å². The van der Waals surface area contributed by atoms with E-state index < -0.39 is 6.09 Å². The van der Waals surface area contributed by atoms with Crippen molar-refractivity contribution >= 4 is 38.9 Å². The summed E-state index contributed by atoms with van der Waals surface area (Å²) in [4.78, 5) is 21.8. The summed E-state index contributed by atoms with van der Waals surface area (Å²) in [7, 11) is 0. The SMILES string of the molecule is CCc1nc(N(CCCC(C)C)C(=O)O)nc2ccc(Br)cc12. The fourth-order valence-electron chi connectivity index (χ4n) is 2.48. The van der Waals surface area contributed by atoms with E-state index in [4.69, 9.17) is 0 Å². The van der Waals surface area contributed by atoms with Gasteiger partial charge in [-0.1, -0.05) is 36.7 Å². The molecule has 2 aromatic rings. The van der Waals surface area contributed by atoms with Gasteiger partial charge in [0.2, 0.25) is 5.95 Å². The van der Waals surface area contributed by atoms with Crippen molar-refractivity contribution in [3.05, 3.63) is 28.4 Å². The summed E-state index contributed by atoms with van der Waals surface area (Å²) in [6.07, 6.45) is 1.49. The van der Waals surface area contributed by atoms with Gasteiger partial charge in [-0.25, -0.2) is 19.7 Å². The van der Waals surface area contributed by atoms with Gasteiger partial charge in [0.25, 0.3) is 0 Å². The number of benzene rings is 1. The molecule has 1 aromatic heterocycles. The summed E-state index contributed by atoms with van der Waals surface area (Å²) in [6, 6.07) is 5.77. The third-order valence-electron chi connectivity index (χ3n) is 3.70. The zero-order valence-electron chi connectivity index (χ0n) is 13.7. The van der Waals surface area contributed by atoms with Crippen molar-refractivity contribution in [2.45, 2.75) is 40.0 Å². The third-order valence-corrected chi connectivity index (χ3v) is 4.19. The van der Waals surface area contributed by atoms with Crippen LogP contribution >= 0.6 is 15.9 Å². The molecule has 5 nitrogen and oxygen atoms in total. The van der Waals surface area contributed by atoms with Gasteiger partial charge < -0.3 is 5.11 Å². The Labute approximate surface area is 144 Å². The van der Waals surface area contributed by atoms with Crippen LogP contribution in [0.25, 0.3) is 10.9 Å². The summed E-state index contributed by atoms with van der Waals surface area (Å²) in [5.41, 5.74) is 1.63. The second-order valence-electron chi connectivity index (χ2n) is 5.96. The van der Waals surface area contributed by atoms with Gasteiger partial charge in [0.1, 0.15) is 0 Å². The van der Waals surface area contributed by atoms with Crippen molar-refractivity contribution in [3.8, 4) is 0 Å². The number of fused-ring (bicyclic) bond motifs is 1. The molecule has 6 heteroatoms. The molecular formula is C17H22BrN3O2. The van der Waals surface area contributed by atoms with Crippen LogP contribution in [0.3, 0.4) is 0 Å². The van der Waals surface area contributed by atoms with E-state index in [0.717, 1.165) is 40.3 Å². The minimum Gasteiger partial charge on any atom is -0.465 e. The number of nitrogens with zero attached hydrogens (tertiary/aromatic N) is 3. The molecule has 0 unspecified atom stereocenters. The fourth-order valence-corrected chi connectivity index (χ4v) is 2.84. The van der Waals surface area contributed by atoms with E-state index in [1.165, 1.54) is 4.90 Å². The Balaban J connectivity index is 2.39. The van der Waals surface area contributed by atoms with Crippen LogP contribution in [0, 0.1) is 5.92 Å². The predicted octanol–water partition coefficient (Wildman–Crippen LogP) is 4.88. The van der Waals surface area contributed by atoms with Gasteiger partial charge in [-0.2, -0.15) is 0 Å². The highest BCUT2D eigenvalue weighted by atomic mass is 79.9. The Hall–Kier alpha value is -1.69. The highest BCUT2D eigenvalue weighted by Crippen LogP contribution is 2.24. The molecule has 0 aliphatic rings. The van der Waals surface area contributed by atoms with Crippen molar-refractivity contribution < 1.29 is 9.90 Å². The smallest absolute Gasteiger partial charge is 0.414 e. The van der Waals surface area contributed by atoms with Crippen molar-refractivity contribution in [3.63, 3.8) is 0 Å². The number of anilines is 1. The van der Waals surface area contributed by atoms with E-state index >= 15 is 0 Å². The van der Waals surface area contributed by atoms with Crippen LogP contribution in [-0.4, -0.2) is 27.7 Å². The van der Waals surface area contributed by atoms with E-state index in [1.54, 1.807) is 0 Å². The molecule has 1 aromatic carbocycles. The van der Waals surface area contributed by atoms with E-state index in [2.05, 4.69) is 39.7 Å². The first-order valence-electron chi connectivity index (χ1n) is 7.89. The van der Waals surface area contributed by atoms with Gasteiger partial charge in [0, 0.05) is 16.4 Å². The quantitative estimate of drug-likeness (QED) is 0.776. The Morgan fingerprint density at radius 2 is 2.09 bits per heavy atom. The summed E-state index contributed by atoms with van der Waals surface area (Å²) in [6.45, 7) is 6.68. The van der Waals surface area contributed by atoms with Crippen molar-refractivity contribution in [1.82, 2.24) is 9.97 Å². The molecule has 0 saturated carbocycles. The zero-order chi connectivity index (χ0) is 17.0. The minimum absolute atomic E-state index is 0.271. The molecular weight excluding hydrogens is 358 g/mol. The maximum atomic E-state index is 11.6. The number of rotatable bonds is 6. The maximum Gasteiger partial charge on any atom is 0.414 e. The third kappa shape index (κ3) is 4.41. The Morgan fingerprint density at radius 1 is 1.35 bits per heavy atom. The highest BCUT2D eigenvalue weighted by molar-refractivity contribution is 9.10. The molecule has 2 rings (SSSR count). The van der Waals surface area contributed by atoms with Crippen molar-refractivity contribution in [2.24, 2.45) is 5.92 Å². The lowest BCUT2D eigenvalue weighted by atomic mass is 10.1. The predicted molar refractivity (Wildman–Crippen MR) is 96.1 cm³/mol. The van der Waals surface area contributed by atoms with Crippen LogP contribution in [0.5, 0.6) is 0 Å². The van der Waals surface area contributed by atoms with Crippen LogP contribution in [0.4, 0.5) is 10.7 Å². The molecule has 0 aliphatic carbocycles. The van der Waals surface area contributed by atoms with Crippen molar-refractivity contribution in [2.75, 3.05) is 11.4 Å². The monoisotopic (exact) mass is 379 g/mol. The number of aryl methyl sites for hydroxylation is 1. The molecule has 1 N–H and O–H groups in total. The Morgan fingerprint density at radius 3 is 2.70 bits per heavy atom. The summed E-state index contributed by atoms with van der Waals surface area (Å²) >= 11 is 3.45. The highest BCUT2D eigenvalue weighted by Gasteiger charge is 2.19. The molecule has 0 atom stereocenters. The second-order valence-corrected chi connectivity index (χ2v) is 6.87. The minimum atomic E-state index is -1.01. The standard InChI is InChI=1S/C17H22BrN3O2/c1-4-14-13-10-12(18)7-8-15(13)20-16(19-14)21(17(22)23)9-5-6-11(2)3/h7-8,10-11H,4-6,9H2,1-3H3,(H,22,23). The summed E-state index contributed by atoms with van der Waals surface area (Å²) in [5, 5.41) is 10.5. The average Bonchev–Trinajstić information content (AvgIpc) is 2.50. The van der Waals surface area contributed by atoms with Crippen LogP contribution in [-0.2, 0) is 6.42 Å². The number of carboxylic acid groups (broad SMARTS) is 1. The van der Waals surface area contributed by atoms with E-state index in [9.17, 15) is 9.90 Å². The van der Waals surface area contributed by atoms with Gasteiger partial charge in [-0.15, -0.1) is 0 Å². The average molecular weight is 380 g/mol. The van der Waals surface area contributed by atoms with E-state index in [-0.39, 0.29) is 5.95 Å². The van der Waals surface area contributed by atoms with E-state index in [0.29, 0.717) is 12.5 Å². The topological polar surface area (TPSA) is 66.3 Å². The fraction of sp³-hybridized carbons (Fsp3) is 0.471. The molecule has 0 saturated heterocycles.